The van der Waals surface area contributed by atoms with Gasteiger partial charge in [0.2, 0.25) is 0 Å². The van der Waals surface area contributed by atoms with Gasteiger partial charge >= 0.3 is 5.97 Å². The zero-order valence-electron chi connectivity index (χ0n) is 9.87. The molecule has 0 spiro atoms. The third kappa shape index (κ3) is 2.92. The lowest BCUT2D eigenvalue weighted by molar-refractivity contribution is -0.142. The number of ether oxygens (including phenoxy) is 1. The van der Waals surface area contributed by atoms with Crippen LogP contribution in [0.1, 0.15) is 34.0 Å². The summed E-state index contributed by atoms with van der Waals surface area (Å²) >= 11 is 0. The smallest absolute Gasteiger partial charge is 0.310 e. The van der Waals surface area contributed by atoms with Crippen LogP contribution in [-0.2, 0) is 16.0 Å². The second-order valence-corrected chi connectivity index (χ2v) is 3.72. The number of aldehydes is 1. The minimum atomic E-state index is -0.256. The molecule has 0 radical (unpaired) electrons. The van der Waals surface area contributed by atoms with Gasteiger partial charge in [-0.3, -0.25) is 9.59 Å². The van der Waals surface area contributed by atoms with Crippen LogP contribution in [0.15, 0.2) is 12.1 Å². The van der Waals surface area contributed by atoms with Crippen molar-refractivity contribution >= 4 is 12.3 Å². The lowest BCUT2D eigenvalue weighted by Crippen LogP contribution is -2.09. The Labute approximate surface area is 95.4 Å². The molecule has 16 heavy (non-hydrogen) atoms. The molecule has 0 saturated heterocycles. The molecule has 0 atom stereocenters. The van der Waals surface area contributed by atoms with Crippen LogP contribution in [0.3, 0.4) is 0 Å². The maximum atomic E-state index is 11.4. The number of carbonyl (C=O) groups excluding carboxylic acids is 2. The molecule has 0 aliphatic heterocycles. The van der Waals surface area contributed by atoms with Gasteiger partial charge in [0.05, 0.1) is 13.0 Å². The number of aryl methyl sites for hydroxylation is 1. The molecule has 1 rings (SSSR count). The number of hydrogen-bond acceptors (Lipinski definition) is 3. The van der Waals surface area contributed by atoms with E-state index < -0.39 is 0 Å². The van der Waals surface area contributed by atoms with Gasteiger partial charge in [-0.2, -0.15) is 0 Å². The van der Waals surface area contributed by atoms with Gasteiger partial charge in [-0.25, -0.2) is 0 Å². The Bertz CT molecular complexity index is 408. The molecule has 0 amide bonds. The molecule has 86 valence electrons. The van der Waals surface area contributed by atoms with Gasteiger partial charge in [0.25, 0.3) is 0 Å². The zero-order valence-corrected chi connectivity index (χ0v) is 9.87. The third-order valence-electron chi connectivity index (χ3n) is 2.57. The predicted octanol–water partition coefficient (Wildman–Crippen LogP) is 2.22. The fourth-order valence-electron chi connectivity index (χ4n) is 1.58. The van der Waals surface area contributed by atoms with E-state index in [1.807, 2.05) is 19.9 Å². The summed E-state index contributed by atoms with van der Waals surface area (Å²) in [5.41, 5.74) is 3.52. The normalized spacial score (nSPS) is 9.94. The Morgan fingerprint density at radius 3 is 2.62 bits per heavy atom. The highest BCUT2D eigenvalue weighted by Crippen LogP contribution is 2.16. The van der Waals surface area contributed by atoms with Crippen LogP contribution < -0.4 is 0 Å². The van der Waals surface area contributed by atoms with E-state index in [-0.39, 0.29) is 12.4 Å². The molecular weight excluding hydrogens is 204 g/mol. The minimum Gasteiger partial charge on any atom is -0.466 e. The van der Waals surface area contributed by atoms with Crippen LogP contribution in [-0.4, -0.2) is 18.9 Å². The Morgan fingerprint density at radius 1 is 1.38 bits per heavy atom. The van der Waals surface area contributed by atoms with Crippen molar-refractivity contribution in [3.63, 3.8) is 0 Å². The Hall–Kier alpha value is -1.64. The molecule has 0 aliphatic rings. The van der Waals surface area contributed by atoms with Gasteiger partial charge in [0.1, 0.15) is 6.29 Å². The average molecular weight is 220 g/mol. The number of hydrogen-bond donors (Lipinski definition) is 0. The Kier molecular flexibility index (Phi) is 4.23. The van der Waals surface area contributed by atoms with Crippen LogP contribution in [0.25, 0.3) is 0 Å². The van der Waals surface area contributed by atoms with Crippen molar-refractivity contribution in [3.05, 3.63) is 34.4 Å². The van der Waals surface area contributed by atoms with Crippen LogP contribution in [0.5, 0.6) is 0 Å². The first-order valence-corrected chi connectivity index (χ1v) is 5.29. The van der Waals surface area contributed by atoms with Crippen molar-refractivity contribution < 1.29 is 14.3 Å². The highest BCUT2D eigenvalue weighted by Gasteiger charge is 2.09. The first-order chi connectivity index (χ1) is 7.58. The molecule has 0 bridgehead atoms. The molecule has 0 aliphatic carbocycles. The van der Waals surface area contributed by atoms with E-state index in [4.69, 9.17) is 4.74 Å². The summed E-state index contributed by atoms with van der Waals surface area (Å²) in [6, 6.07) is 3.56. The predicted molar refractivity (Wildman–Crippen MR) is 61.6 cm³/mol. The molecule has 0 heterocycles. The van der Waals surface area contributed by atoms with Crippen LogP contribution >= 0.6 is 0 Å². The van der Waals surface area contributed by atoms with E-state index in [0.717, 1.165) is 23.0 Å². The fraction of sp³-hybridized carbons (Fsp3) is 0.385. The SMILES string of the molecule is CCOC(=O)Cc1cc(C=O)cc(C)c1C. The molecule has 0 aromatic heterocycles. The highest BCUT2D eigenvalue weighted by molar-refractivity contribution is 5.78. The average Bonchev–Trinajstić information content (AvgIpc) is 2.24. The van der Waals surface area contributed by atoms with Crippen molar-refractivity contribution in [3.8, 4) is 0 Å². The van der Waals surface area contributed by atoms with E-state index in [2.05, 4.69) is 0 Å². The minimum absolute atomic E-state index is 0.224. The van der Waals surface area contributed by atoms with E-state index in [1.165, 1.54) is 0 Å². The molecule has 0 N–H and O–H groups in total. The summed E-state index contributed by atoms with van der Waals surface area (Å²) in [5, 5.41) is 0. The van der Waals surface area contributed by atoms with Gasteiger partial charge in [0, 0.05) is 5.56 Å². The molecule has 0 unspecified atom stereocenters. The maximum Gasteiger partial charge on any atom is 0.310 e. The quantitative estimate of drug-likeness (QED) is 0.577. The van der Waals surface area contributed by atoms with Crippen molar-refractivity contribution in [1.82, 2.24) is 0 Å². The first kappa shape index (κ1) is 12.4. The van der Waals surface area contributed by atoms with Crippen LogP contribution in [0.2, 0.25) is 0 Å². The Balaban J connectivity index is 2.98. The Morgan fingerprint density at radius 2 is 2.06 bits per heavy atom. The number of rotatable bonds is 4. The lowest BCUT2D eigenvalue weighted by Gasteiger charge is -2.09. The number of carbonyl (C=O) groups is 2. The van der Waals surface area contributed by atoms with Crippen molar-refractivity contribution in [2.75, 3.05) is 6.61 Å². The van der Waals surface area contributed by atoms with Gasteiger partial charge in [-0.1, -0.05) is 0 Å². The van der Waals surface area contributed by atoms with Gasteiger partial charge < -0.3 is 4.74 Å². The molecule has 1 aromatic carbocycles. The monoisotopic (exact) mass is 220 g/mol. The van der Waals surface area contributed by atoms with E-state index >= 15 is 0 Å². The summed E-state index contributed by atoms with van der Waals surface area (Å²) in [4.78, 5) is 22.1. The number of esters is 1. The first-order valence-electron chi connectivity index (χ1n) is 5.29. The van der Waals surface area contributed by atoms with Crippen molar-refractivity contribution in [1.29, 1.82) is 0 Å². The summed E-state index contributed by atoms with van der Waals surface area (Å²) in [6.07, 6.45) is 1.02. The summed E-state index contributed by atoms with van der Waals surface area (Å²) in [7, 11) is 0. The summed E-state index contributed by atoms with van der Waals surface area (Å²) in [6.45, 7) is 6.03. The summed E-state index contributed by atoms with van der Waals surface area (Å²) < 4.78 is 4.89. The molecule has 3 heteroatoms. The zero-order chi connectivity index (χ0) is 12.1. The molecule has 3 nitrogen and oxygen atoms in total. The summed E-state index contributed by atoms with van der Waals surface area (Å²) in [5.74, 6) is -0.256. The topological polar surface area (TPSA) is 43.4 Å². The van der Waals surface area contributed by atoms with Crippen LogP contribution in [0.4, 0.5) is 0 Å². The molecule has 1 aromatic rings. The second-order valence-electron chi connectivity index (χ2n) is 3.72. The maximum absolute atomic E-state index is 11.4. The highest BCUT2D eigenvalue weighted by atomic mass is 16.5. The molecule has 0 saturated carbocycles. The lowest BCUT2D eigenvalue weighted by atomic mass is 9.98. The van der Waals surface area contributed by atoms with E-state index in [9.17, 15) is 9.59 Å². The third-order valence-corrected chi connectivity index (χ3v) is 2.57. The fourth-order valence-corrected chi connectivity index (χ4v) is 1.58. The van der Waals surface area contributed by atoms with Crippen molar-refractivity contribution in [2.45, 2.75) is 27.2 Å². The van der Waals surface area contributed by atoms with Gasteiger partial charge in [-0.05, 0) is 49.6 Å². The second kappa shape index (κ2) is 5.45. The van der Waals surface area contributed by atoms with E-state index in [1.54, 1.807) is 13.0 Å². The van der Waals surface area contributed by atoms with E-state index in [0.29, 0.717) is 12.2 Å². The number of benzene rings is 1. The van der Waals surface area contributed by atoms with Crippen LogP contribution in [0, 0.1) is 13.8 Å². The largest absolute Gasteiger partial charge is 0.466 e. The molecular formula is C13H16O3. The van der Waals surface area contributed by atoms with Gasteiger partial charge in [-0.15, -0.1) is 0 Å². The van der Waals surface area contributed by atoms with Crippen molar-refractivity contribution in [2.24, 2.45) is 0 Å². The standard InChI is InChI=1S/C13H16O3/c1-4-16-13(15)7-12-6-11(8-14)5-9(2)10(12)3/h5-6,8H,4,7H2,1-3H3. The van der Waals surface area contributed by atoms with Gasteiger partial charge in [0.15, 0.2) is 0 Å². The molecule has 0 fully saturated rings.